The van der Waals surface area contributed by atoms with Gasteiger partial charge in [-0.15, -0.1) is 16.9 Å². The molecule has 206 valence electrons. The van der Waals surface area contributed by atoms with Crippen LogP contribution < -0.4 is 11.1 Å². The number of nitrogens with two attached hydrogens (primary N) is 1. The molecule has 3 atom stereocenters. The number of carboxylic acids is 1. The standard InChI is InChI=1S/C20H22N10O6S3/c21-19-23-14(26-39-19)11(25-36-10-3-1-2-4-10)15(32)22-12-16(33)30-13(18(34)35)9(7-37-17(12)30)8-38-20-24-27-28-29(20)5-6-31/h1,3,10,12,17,31H,2,4-8H2,(H,22,32)(H,34,35)(H2,21,23,26)/t10?,12?,17-/m1/s1. The normalized spacial score (nSPS) is 22.6. The number of oxime groups is 1. The van der Waals surface area contributed by atoms with Gasteiger partial charge in [-0.25, -0.2) is 9.48 Å². The number of aliphatic hydroxyl groups is 1. The van der Waals surface area contributed by atoms with Crippen molar-refractivity contribution in [3.05, 3.63) is 29.2 Å². The molecule has 0 aromatic carbocycles. The van der Waals surface area contributed by atoms with E-state index in [1.807, 2.05) is 12.2 Å². The zero-order valence-corrected chi connectivity index (χ0v) is 22.5. The van der Waals surface area contributed by atoms with Crippen LogP contribution in [-0.2, 0) is 25.8 Å². The molecule has 4 heterocycles. The average molecular weight is 595 g/mol. The summed E-state index contributed by atoms with van der Waals surface area (Å²) in [4.78, 5) is 49.1. The van der Waals surface area contributed by atoms with E-state index in [1.54, 1.807) is 0 Å². The van der Waals surface area contributed by atoms with Crippen LogP contribution in [-0.4, -0.2) is 104 Å². The van der Waals surface area contributed by atoms with E-state index < -0.39 is 29.2 Å². The van der Waals surface area contributed by atoms with Crippen molar-refractivity contribution in [3.63, 3.8) is 0 Å². The van der Waals surface area contributed by atoms with Gasteiger partial charge in [-0.2, -0.15) is 9.36 Å². The van der Waals surface area contributed by atoms with E-state index in [1.165, 1.54) is 33.1 Å². The third-order valence-electron chi connectivity index (χ3n) is 5.84. The number of nitrogen functional groups attached to an aromatic ring is 1. The lowest BCUT2D eigenvalue weighted by Gasteiger charge is -2.49. The second kappa shape index (κ2) is 11.7. The molecule has 2 aromatic rings. The van der Waals surface area contributed by atoms with E-state index in [0.29, 0.717) is 22.9 Å². The molecule has 19 heteroatoms. The van der Waals surface area contributed by atoms with Crippen LogP contribution in [0.3, 0.4) is 0 Å². The number of carboxylic acid groups (broad SMARTS) is 1. The lowest BCUT2D eigenvalue weighted by Crippen LogP contribution is -2.71. The van der Waals surface area contributed by atoms with Gasteiger partial charge < -0.3 is 26.1 Å². The number of nitrogens with zero attached hydrogens (tertiary/aromatic N) is 8. The summed E-state index contributed by atoms with van der Waals surface area (Å²) in [6.07, 6.45) is 5.01. The quantitative estimate of drug-likeness (QED) is 0.0811. The smallest absolute Gasteiger partial charge is 0.352 e. The Morgan fingerprint density at radius 2 is 2.23 bits per heavy atom. The molecule has 0 bridgehead atoms. The van der Waals surface area contributed by atoms with Crippen LogP contribution >= 0.6 is 35.1 Å². The molecule has 1 fully saturated rings. The predicted molar refractivity (Wildman–Crippen MR) is 139 cm³/mol. The molecule has 16 nitrogen and oxygen atoms in total. The maximum atomic E-state index is 13.2. The topological polar surface area (TPSA) is 224 Å². The summed E-state index contributed by atoms with van der Waals surface area (Å²) < 4.78 is 5.44. The number of β-lactam (4-membered cyclic amide) rings is 1. The van der Waals surface area contributed by atoms with Gasteiger partial charge in [0.1, 0.15) is 23.2 Å². The van der Waals surface area contributed by atoms with E-state index in [-0.39, 0.29) is 47.4 Å². The van der Waals surface area contributed by atoms with E-state index in [9.17, 15) is 19.5 Å². The summed E-state index contributed by atoms with van der Waals surface area (Å²) in [6.45, 7) is 0.0381. The summed E-state index contributed by atoms with van der Waals surface area (Å²) in [6, 6.07) is -0.990. The predicted octanol–water partition coefficient (Wildman–Crippen LogP) is -0.931. The van der Waals surface area contributed by atoms with Crippen molar-refractivity contribution in [2.24, 2.45) is 5.16 Å². The number of thioether (sulfide) groups is 2. The van der Waals surface area contributed by atoms with Crippen molar-refractivity contribution in [3.8, 4) is 0 Å². The number of nitrogens with one attached hydrogen (secondary N) is 1. The first kappa shape index (κ1) is 27.0. The second-order valence-corrected chi connectivity index (χ2v) is 11.2. The first-order valence-electron chi connectivity index (χ1n) is 11.6. The van der Waals surface area contributed by atoms with Gasteiger partial charge in [-0.3, -0.25) is 14.5 Å². The van der Waals surface area contributed by atoms with E-state index in [0.717, 1.165) is 18.0 Å². The van der Waals surface area contributed by atoms with Gasteiger partial charge in [0, 0.05) is 23.0 Å². The fraction of sp³-hybridized carbons (Fsp3) is 0.450. The Balaban J connectivity index is 1.30. The molecule has 2 unspecified atom stereocenters. The van der Waals surface area contributed by atoms with E-state index in [2.05, 4.69) is 35.4 Å². The molecular formula is C20H22N10O6S3. The molecule has 2 aliphatic heterocycles. The lowest BCUT2D eigenvalue weighted by molar-refractivity contribution is -0.150. The van der Waals surface area contributed by atoms with Crippen LogP contribution in [0, 0.1) is 0 Å². The van der Waals surface area contributed by atoms with Gasteiger partial charge in [-0.05, 0) is 34.9 Å². The molecular weight excluding hydrogens is 572 g/mol. The third-order valence-corrected chi connectivity index (χ3v) is 8.76. The number of allylic oxidation sites excluding steroid dienone is 1. The molecule has 0 radical (unpaired) electrons. The zero-order valence-electron chi connectivity index (χ0n) is 20.0. The number of carbonyl (C=O) groups excluding carboxylic acids is 2. The van der Waals surface area contributed by atoms with Gasteiger partial charge in [0.05, 0.1) is 13.2 Å². The van der Waals surface area contributed by atoms with Crippen LogP contribution in [0.15, 0.2) is 33.7 Å². The molecule has 3 aliphatic rings. The van der Waals surface area contributed by atoms with Crippen molar-refractivity contribution in [2.45, 2.75) is 42.1 Å². The monoisotopic (exact) mass is 594 g/mol. The van der Waals surface area contributed by atoms with Crippen LogP contribution in [0.2, 0.25) is 0 Å². The van der Waals surface area contributed by atoms with Gasteiger partial charge >= 0.3 is 5.97 Å². The summed E-state index contributed by atoms with van der Waals surface area (Å²) in [5, 5.41) is 36.8. The zero-order chi connectivity index (χ0) is 27.5. The lowest BCUT2D eigenvalue weighted by atomic mass is 10.0. The maximum absolute atomic E-state index is 13.2. The largest absolute Gasteiger partial charge is 0.477 e. The second-order valence-electron chi connectivity index (χ2n) is 8.36. The molecule has 1 saturated heterocycles. The van der Waals surface area contributed by atoms with Crippen molar-refractivity contribution in [1.29, 1.82) is 0 Å². The summed E-state index contributed by atoms with van der Waals surface area (Å²) in [5.74, 6) is -2.09. The number of fused-ring (bicyclic) bond motifs is 1. The van der Waals surface area contributed by atoms with E-state index >= 15 is 0 Å². The number of aromatic nitrogens is 6. The van der Waals surface area contributed by atoms with Crippen molar-refractivity contribution >= 4 is 63.7 Å². The molecule has 2 aromatic heterocycles. The van der Waals surface area contributed by atoms with E-state index in [4.69, 9.17) is 15.7 Å². The van der Waals surface area contributed by atoms with Gasteiger partial charge in [-0.1, -0.05) is 23.0 Å². The number of rotatable bonds is 11. The number of hydrogen-bond donors (Lipinski definition) is 4. The summed E-state index contributed by atoms with van der Waals surface area (Å²) in [7, 11) is 0. The fourth-order valence-electron chi connectivity index (χ4n) is 4.02. The highest BCUT2D eigenvalue weighted by Crippen LogP contribution is 2.41. The summed E-state index contributed by atoms with van der Waals surface area (Å²) >= 11 is 3.40. The Morgan fingerprint density at radius 3 is 2.92 bits per heavy atom. The number of amides is 2. The van der Waals surface area contributed by atoms with Crippen molar-refractivity contribution in [1.82, 2.24) is 39.8 Å². The molecule has 39 heavy (non-hydrogen) atoms. The van der Waals surface area contributed by atoms with Gasteiger partial charge in [0.25, 0.3) is 11.8 Å². The Bertz CT molecular complexity index is 1370. The Labute approximate surface area is 232 Å². The van der Waals surface area contributed by atoms with Crippen LogP contribution in [0.1, 0.15) is 18.7 Å². The number of aliphatic hydroxyl groups excluding tert-OH is 1. The van der Waals surface area contributed by atoms with Crippen LogP contribution in [0.4, 0.5) is 5.13 Å². The highest BCUT2D eigenvalue weighted by atomic mass is 32.2. The summed E-state index contributed by atoms with van der Waals surface area (Å²) in [5.41, 5.74) is 5.81. The molecule has 5 N–H and O–H groups in total. The minimum absolute atomic E-state index is 0.0362. The molecule has 1 aliphatic carbocycles. The fourth-order valence-corrected chi connectivity index (χ4v) is 6.84. The van der Waals surface area contributed by atoms with Crippen molar-refractivity contribution in [2.75, 3.05) is 23.8 Å². The maximum Gasteiger partial charge on any atom is 0.352 e. The number of aliphatic carboxylic acids is 1. The first-order chi connectivity index (χ1) is 18.9. The highest BCUT2D eigenvalue weighted by Gasteiger charge is 2.54. The first-order valence-corrected chi connectivity index (χ1v) is 14.4. The number of carbonyl (C=O) groups is 3. The van der Waals surface area contributed by atoms with Crippen LogP contribution in [0.25, 0.3) is 0 Å². The number of hydrogen-bond acceptors (Lipinski definition) is 15. The Kier molecular flexibility index (Phi) is 8.10. The SMILES string of the molecule is Nc1nc(C(=NOC2C=CCC2)C(=O)NC2C(=O)N3C(C(=O)O)=C(CSc4nnnn4CCO)CS[C@H]23)ns1. The molecule has 5 rings (SSSR count). The molecule has 0 spiro atoms. The van der Waals surface area contributed by atoms with Gasteiger partial charge in [0.2, 0.25) is 16.7 Å². The highest BCUT2D eigenvalue weighted by molar-refractivity contribution is 8.01. The van der Waals surface area contributed by atoms with Crippen molar-refractivity contribution < 1.29 is 29.4 Å². The average Bonchev–Trinajstić information content (AvgIpc) is 3.69. The van der Waals surface area contributed by atoms with Gasteiger partial charge in [0.15, 0.2) is 5.13 Å². The Morgan fingerprint density at radius 1 is 1.38 bits per heavy atom. The number of tetrazole rings is 1. The molecule has 2 amide bonds. The van der Waals surface area contributed by atoms with Crippen LogP contribution in [0.5, 0.6) is 0 Å². The molecule has 0 saturated carbocycles. The Hall–Kier alpha value is -3.55. The minimum atomic E-state index is -1.26. The minimum Gasteiger partial charge on any atom is -0.477 e. The third kappa shape index (κ3) is 5.60. The number of anilines is 1.